The molecule has 0 aliphatic carbocycles. The number of hydrogen-bond donors (Lipinski definition) is 2. The number of hydrogen-bond acceptors (Lipinski definition) is 8. The Labute approximate surface area is 196 Å². The second-order valence-electron chi connectivity index (χ2n) is 7.54. The summed E-state index contributed by atoms with van der Waals surface area (Å²) in [6, 6.07) is 7.68. The molecular weight excluding hydrogens is 462 g/mol. The number of carbonyl (C=O) groups is 1. The van der Waals surface area contributed by atoms with Gasteiger partial charge in [0.05, 0.1) is 6.20 Å². The van der Waals surface area contributed by atoms with Gasteiger partial charge in [-0.3, -0.25) is 14.2 Å². The average Bonchev–Trinajstić information content (AvgIpc) is 3.51. The maximum absolute atomic E-state index is 12.7. The molecule has 4 aromatic rings. The highest BCUT2D eigenvalue weighted by Crippen LogP contribution is 2.24. The van der Waals surface area contributed by atoms with E-state index in [1.165, 1.54) is 35.3 Å². The molecule has 0 spiro atoms. The monoisotopic (exact) mass is 480 g/mol. The molecule has 1 aliphatic rings. The minimum atomic E-state index is -2.74. The van der Waals surface area contributed by atoms with E-state index in [0.29, 0.717) is 34.4 Å². The van der Waals surface area contributed by atoms with E-state index >= 15 is 0 Å². The molecule has 0 bridgehead atoms. The van der Waals surface area contributed by atoms with Gasteiger partial charge >= 0.3 is 6.55 Å². The van der Waals surface area contributed by atoms with Crippen molar-refractivity contribution in [3.05, 3.63) is 76.9 Å². The molecule has 178 valence electrons. The number of fused-ring (bicyclic) bond motifs is 1. The predicted octanol–water partition coefficient (Wildman–Crippen LogP) is 3.36. The molecule has 4 aromatic heterocycles. The Morgan fingerprint density at radius 3 is 2.69 bits per heavy atom. The zero-order chi connectivity index (χ0) is 24.4. The zero-order valence-electron chi connectivity index (χ0n) is 18.1. The molecule has 0 atom stereocenters. The molecule has 35 heavy (non-hydrogen) atoms. The Kier molecular flexibility index (Phi) is 5.87. The number of alkyl halides is 2. The molecule has 1 amide bonds. The van der Waals surface area contributed by atoms with Gasteiger partial charge in [0, 0.05) is 43.7 Å². The van der Waals surface area contributed by atoms with Crippen LogP contribution in [0.2, 0.25) is 0 Å². The minimum Gasteiger partial charge on any atom is -0.456 e. The molecule has 13 heteroatoms. The first-order valence-corrected chi connectivity index (χ1v) is 10.6. The number of nitrogens with one attached hydrogen (secondary N) is 2. The van der Waals surface area contributed by atoms with E-state index in [2.05, 4.69) is 30.7 Å². The summed E-state index contributed by atoms with van der Waals surface area (Å²) in [5.74, 6) is 1.66. The zero-order valence-corrected chi connectivity index (χ0v) is 18.1. The van der Waals surface area contributed by atoms with Crippen LogP contribution in [0, 0.1) is 0 Å². The molecule has 0 saturated heterocycles. The molecule has 0 radical (unpaired) electrons. The molecule has 0 saturated carbocycles. The molecule has 5 heterocycles. The fourth-order valence-electron chi connectivity index (χ4n) is 3.53. The summed E-state index contributed by atoms with van der Waals surface area (Å²) in [5, 5.41) is 9.11. The van der Waals surface area contributed by atoms with E-state index < -0.39 is 12.5 Å². The fourth-order valence-corrected chi connectivity index (χ4v) is 3.53. The highest BCUT2D eigenvalue weighted by Gasteiger charge is 2.19. The number of halogens is 2. The number of amides is 1. The van der Waals surface area contributed by atoms with Crippen LogP contribution in [0.15, 0.2) is 59.9 Å². The van der Waals surface area contributed by atoms with Crippen LogP contribution < -0.4 is 20.9 Å². The molecule has 0 fully saturated rings. The van der Waals surface area contributed by atoms with Gasteiger partial charge in [-0.1, -0.05) is 0 Å². The van der Waals surface area contributed by atoms with Crippen molar-refractivity contribution < 1.29 is 18.3 Å². The highest BCUT2D eigenvalue weighted by atomic mass is 19.3. The summed E-state index contributed by atoms with van der Waals surface area (Å²) in [6.45, 7) is -2.18. The quantitative estimate of drug-likeness (QED) is 0.412. The largest absolute Gasteiger partial charge is 0.456 e. The van der Waals surface area contributed by atoms with Crippen LogP contribution in [0.4, 0.5) is 26.2 Å². The Hall–Kier alpha value is -4.68. The topological polar surface area (TPSA) is 129 Å². The number of carbonyl (C=O) groups excluding carboxylic acids is 1. The van der Waals surface area contributed by atoms with Gasteiger partial charge in [-0.2, -0.15) is 13.9 Å². The van der Waals surface area contributed by atoms with Crippen LogP contribution in [0.1, 0.15) is 29.2 Å². The van der Waals surface area contributed by atoms with Crippen LogP contribution in [0.3, 0.4) is 0 Å². The van der Waals surface area contributed by atoms with Gasteiger partial charge in [-0.15, -0.1) is 0 Å². The lowest BCUT2D eigenvalue weighted by Gasteiger charge is -2.09. The van der Waals surface area contributed by atoms with E-state index in [1.54, 1.807) is 18.2 Å². The third-order valence-electron chi connectivity index (χ3n) is 5.17. The number of aromatic nitrogens is 6. The van der Waals surface area contributed by atoms with Gasteiger partial charge in [0.2, 0.25) is 0 Å². The molecular formula is C22H18F2N8O3. The summed E-state index contributed by atoms with van der Waals surface area (Å²) in [7, 11) is 0. The van der Waals surface area contributed by atoms with E-state index in [1.807, 2.05) is 0 Å². The lowest BCUT2D eigenvalue weighted by Crippen LogP contribution is -2.30. The maximum atomic E-state index is 12.7. The van der Waals surface area contributed by atoms with Crippen molar-refractivity contribution in [2.24, 2.45) is 0 Å². The first-order chi connectivity index (χ1) is 17.0. The van der Waals surface area contributed by atoms with Crippen molar-refractivity contribution in [1.82, 2.24) is 29.3 Å². The third kappa shape index (κ3) is 4.83. The van der Waals surface area contributed by atoms with Crippen molar-refractivity contribution in [1.29, 1.82) is 0 Å². The van der Waals surface area contributed by atoms with E-state index in [0.717, 1.165) is 19.0 Å². The van der Waals surface area contributed by atoms with Crippen LogP contribution in [-0.2, 0) is 13.0 Å². The summed E-state index contributed by atoms with van der Waals surface area (Å²) in [6.07, 6.45) is 6.87. The van der Waals surface area contributed by atoms with E-state index in [4.69, 9.17) is 4.74 Å². The number of nitrogens with zero attached hydrogens (tertiary/aromatic N) is 6. The van der Waals surface area contributed by atoms with Gasteiger partial charge in [0.15, 0.2) is 5.82 Å². The lowest BCUT2D eigenvalue weighted by atomic mass is 10.3. The number of anilines is 3. The standard InChI is InChI=1S/C22H18F2N8O3/c23-22(24)32-9-6-17(30-32)28-18-10-13(5-7-25-18)35-14-3-4-16(26-11-14)29-20(33)15-12-27-19-2-1-8-31(19)21(15)34/h3-7,9-12,22H,1-2,8H2,(H,25,28,30)(H,26,29,33). The number of rotatable bonds is 7. The SMILES string of the molecule is O=C(Nc1ccc(Oc2ccnc(Nc3ccn(C(F)F)n3)c2)cn1)c1cnc2n(c1=O)CCC2. The van der Waals surface area contributed by atoms with E-state index in [9.17, 15) is 18.4 Å². The second-order valence-corrected chi connectivity index (χ2v) is 7.54. The Morgan fingerprint density at radius 2 is 1.91 bits per heavy atom. The number of ether oxygens (including phenoxy) is 1. The Bertz CT molecular complexity index is 1440. The minimum absolute atomic E-state index is 0.0482. The van der Waals surface area contributed by atoms with E-state index in [-0.39, 0.29) is 22.8 Å². The first-order valence-electron chi connectivity index (χ1n) is 10.6. The maximum Gasteiger partial charge on any atom is 0.333 e. The van der Waals surface area contributed by atoms with Crippen LogP contribution >= 0.6 is 0 Å². The number of aryl methyl sites for hydroxylation is 1. The van der Waals surface area contributed by atoms with Crippen molar-refractivity contribution in [2.75, 3.05) is 10.6 Å². The fraction of sp³-hybridized carbons (Fsp3) is 0.182. The third-order valence-corrected chi connectivity index (χ3v) is 5.17. The smallest absolute Gasteiger partial charge is 0.333 e. The average molecular weight is 480 g/mol. The van der Waals surface area contributed by atoms with Gasteiger partial charge in [0.1, 0.15) is 34.5 Å². The lowest BCUT2D eigenvalue weighted by molar-refractivity contribution is 0.0569. The second kappa shape index (κ2) is 9.29. The summed E-state index contributed by atoms with van der Waals surface area (Å²) in [5.41, 5.74) is -0.416. The van der Waals surface area contributed by atoms with Crippen LogP contribution in [-0.4, -0.2) is 35.2 Å². The predicted molar refractivity (Wildman–Crippen MR) is 120 cm³/mol. The molecule has 0 aromatic carbocycles. The van der Waals surface area contributed by atoms with Crippen LogP contribution in [0.25, 0.3) is 0 Å². The summed E-state index contributed by atoms with van der Waals surface area (Å²) >= 11 is 0. The molecule has 0 unspecified atom stereocenters. The molecule has 2 N–H and O–H groups in total. The normalized spacial score (nSPS) is 12.4. The molecule has 5 rings (SSSR count). The van der Waals surface area contributed by atoms with Gasteiger partial charge in [-0.05, 0) is 24.6 Å². The van der Waals surface area contributed by atoms with Crippen molar-refractivity contribution >= 4 is 23.4 Å². The molecule has 1 aliphatic heterocycles. The van der Waals surface area contributed by atoms with Crippen molar-refractivity contribution in [2.45, 2.75) is 25.9 Å². The van der Waals surface area contributed by atoms with Crippen molar-refractivity contribution in [3.63, 3.8) is 0 Å². The van der Waals surface area contributed by atoms with Crippen molar-refractivity contribution in [3.8, 4) is 11.5 Å². The Balaban J connectivity index is 1.23. The summed E-state index contributed by atoms with van der Waals surface area (Å²) < 4.78 is 33.1. The first kappa shape index (κ1) is 22.1. The highest BCUT2D eigenvalue weighted by molar-refractivity contribution is 6.03. The summed E-state index contributed by atoms with van der Waals surface area (Å²) in [4.78, 5) is 37.5. The van der Waals surface area contributed by atoms with Gasteiger partial charge < -0.3 is 15.4 Å². The van der Waals surface area contributed by atoms with Gasteiger partial charge in [-0.25, -0.2) is 19.6 Å². The number of pyridine rings is 2. The van der Waals surface area contributed by atoms with Gasteiger partial charge in [0.25, 0.3) is 11.5 Å². The van der Waals surface area contributed by atoms with Crippen LogP contribution in [0.5, 0.6) is 11.5 Å². The Morgan fingerprint density at radius 1 is 1.03 bits per heavy atom. The molecule has 11 nitrogen and oxygen atoms in total.